The van der Waals surface area contributed by atoms with Gasteiger partial charge in [0.25, 0.3) is 0 Å². The quantitative estimate of drug-likeness (QED) is 0.587. The van der Waals surface area contributed by atoms with Crippen LogP contribution in [0.15, 0.2) is 15.3 Å². The van der Waals surface area contributed by atoms with Crippen LogP contribution >= 0.6 is 0 Å². The molecule has 11 heavy (non-hydrogen) atoms. The lowest BCUT2D eigenvalue weighted by atomic mass is 10.7. The van der Waals surface area contributed by atoms with Crippen molar-refractivity contribution in [3.8, 4) is 0 Å². The average Bonchev–Trinajstić information content (AvgIpc) is 1.85. The highest BCUT2D eigenvalue weighted by Gasteiger charge is 2.03. The van der Waals surface area contributed by atoms with E-state index in [1.54, 1.807) is 14.1 Å². The maximum atomic E-state index is 12.4. The van der Waals surface area contributed by atoms with Gasteiger partial charge < -0.3 is 9.32 Å². The van der Waals surface area contributed by atoms with Crippen LogP contribution in [0.4, 0.5) is 10.4 Å². The maximum Gasteiger partial charge on any atom is 0.343 e. The Morgan fingerprint density at radius 1 is 1.64 bits per heavy atom. The Morgan fingerprint density at radius 3 is 2.73 bits per heavy atom. The summed E-state index contributed by atoms with van der Waals surface area (Å²) in [7, 11) is 3.20. The van der Waals surface area contributed by atoms with Crippen LogP contribution in [-0.4, -0.2) is 19.1 Å². The van der Waals surface area contributed by atoms with Crippen LogP contribution in [0.3, 0.4) is 0 Å². The van der Waals surface area contributed by atoms with Crippen molar-refractivity contribution in [1.29, 1.82) is 0 Å². The summed E-state index contributed by atoms with van der Waals surface area (Å²) >= 11 is 0. The second-order valence-electron chi connectivity index (χ2n) is 2.18. The van der Waals surface area contributed by atoms with Crippen molar-refractivity contribution in [2.45, 2.75) is 0 Å². The first kappa shape index (κ1) is 7.71. The Morgan fingerprint density at radius 2 is 2.27 bits per heavy atom. The number of nitrogens with zero attached hydrogens (tertiary/aromatic N) is 2. The molecule has 0 saturated carbocycles. The largest absolute Gasteiger partial charge is 0.389 e. The molecule has 1 heterocycles. The van der Waals surface area contributed by atoms with Crippen molar-refractivity contribution in [1.82, 2.24) is 4.98 Å². The lowest BCUT2D eigenvalue weighted by Gasteiger charge is -2.06. The van der Waals surface area contributed by atoms with E-state index in [0.29, 0.717) is 6.07 Å². The maximum absolute atomic E-state index is 12.4. The fourth-order valence-corrected chi connectivity index (χ4v) is 0.554. The molecule has 0 aliphatic carbocycles. The molecule has 0 aromatic carbocycles. The van der Waals surface area contributed by atoms with E-state index in [2.05, 4.69) is 9.40 Å². The normalized spacial score (nSPS) is 9.73. The molecule has 0 atom stereocenters. The van der Waals surface area contributed by atoms with Crippen LogP contribution in [0.1, 0.15) is 0 Å². The second kappa shape index (κ2) is 2.69. The molecular weight excluding hydrogens is 151 g/mol. The highest BCUT2D eigenvalue weighted by atomic mass is 19.1. The SMILES string of the molecule is CN(C)c1nc(F)cc(=O)o1. The monoisotopic (exact) mass is 158 g/mol. The molecule has 60 valence electrons. The van der Waals surface area contributed by atoms with Crippen LogP contribution in [0.5, 0.6) is 0 Å². The minimum atomic E-state index is -0.829. The van der Waals surface area contributed by atoms with Gasteiger partial charge in [0.1, 0.15) is 0 Å². The van der Waals surface area contributed by atoms with Gasteiger partial charge in [0.05, 0.1) is 6.07 Å². The topological polar surface area (TPSA) is 46.3 Å². The van der Waals surface area contributed by atoms with Crippen molar-refractivity contribution in [2.75, 3.05) is 19.0 Å². The number of rotatable bonds is 1. The molecule has 0 aliphatic heterocycles. The summed E-state index contributed by atoms with van der Waals surface area (Å²) in [5.41, 5.74) is -0.735. The van der Waals surface area contributed by atoms with E-state index < -0.39 is 11.6 Å². The molecule has 5 heteroatoms. The zero-order valence-corrected chi connectivity index (χ0v) is 6.17. The van der Waals surface area contributed by atoms with Gasteiger partial charge in [-0.15, -0.1) is 0 Å². The third kappa shape index (κ3) is 1.76. The lowest BCUT2D eigenvalue weighted by molar-refractivity contribution is 0.455. The minimum absolute atomic E-state index is 0.0324. The van der Waals surface area contributed by atoms with Gasteiger partial charge in [-0.1, -0.05) is 0 Å². The van der Waals surface area contributed by atoms with Crippen LogP contribution in [0.2, 0.25) is 0 Å². The van der Waals surface area contributed by atoms with E-state index in [1.807, 2.05) is 0 Å². The summed E-state index contributed by atoms with van der Waals surface area (Å²) in [6, 6.07) is 0.655. The lowest BCUT2D eigenvalue weighted by Crippen LogP contribution is -2.14. The van der Waals surface area contributed by atoms with E-state index in [4.69, 9.17) is 0 Å². The predicted molar refractivity (Wildman–Crippen MR) is 37.1 cm³/mol. The van der Waals surface area contributed by atoms with Gasteiger partial charge in [-0.25, -0.2) is 4.79 Å². The van der Waals surface area contributed by atoms with Crippen LogP contribution in [0.25, 0.3) is 0 Å². The summed E-state index contributed by atoms with van der Waals surface area (Å²) in [5.74, 6) is -0.829. The summed E-state index contributed by atoms with van der Waals surface area (Å²) in [6.45, 7) is 0. The Kier molecular flexibility index (Phi) is 1.89. The molecule has 0 fully saturated rings. The van der Waals surface area contributed by atoms with Crippen molar-refractivity contribution < 1.29 is 8.81 Å². The molecule has 1 aromatic heterocycles. The van der Waals surface area contributed by atoms with Gasteiger partial charge in [-0.05, 0) is 0 Å². The molecule has 0 bridgehead atoms. The average molecular weight is 158 g/mol. The molecular formula is C6H7FN2O2. The molecule has 0 spiro atoms. The second-order valence-corrected chi connectivity index (χ2v) is 2.18. The first-order valence-corrected chi connectivity index (χ1v) is 2.94. The molecule has 0 unspecified atom stereocenters. The van der Waals surface area contributed by atoms with Crippen LogP contribution < -0.4 is 10.5 Å². The first-order chi connectivity index (χ1) is 5.09. The molecule has 0 saturated heterocycles. The van der Waals surface area contributed by atoms with E-state index in [-0.39, 0.29) is 6.01 Å². The summed E-state index contributed by atoms with van der Waals surface area (Å²) in [5, 5.41) is 0. The van der Waals surface area contributed by atoms with Gasteiger partial charge in [0, 0.05) is 14.1 Å². The van der Waals surface area contributed by atoms with Gasteiger partial charge in [0.2, 0.25) is 5.95 Å². The van der Waals surface area contributed by atoms with Crippen molar-refractivity contribution in [3.05, 3.63) is 22.4 Å². The molecule has 1 rings (SSSR count). The standard InChI is InChI=1S/C6H7FN2O2/c1-9(2)6-8-4(7)3-5(10)11-6/h3H,1-2H3. The summed E-state index contributed by atoms with van der Waals surface area (Å²) in [6.07, 6.45) is 0. The molecule has 1 aromatic rings. The van der Waals surface area contributed by atoms with E-state index in [0.717, 1.165) is 0 Å². The number of anilines is 1. The van der Waals surface area contributed by atoms with Crippen LogP contribution in [-0.2, 0) is 0 Å². The number of hydrogen-bond donors (Lipinski definition) is 0. The zero-order valence-electron chi connectivity index (χ0n) is 6.17. The van der Waals surface area contributed by atoms with Crippen molar-refractivity contribution in [3.63, 3.8) is 0 Å². The zero-order chi connectivity index (χ0) is 8.43. The predicted octanol–water partition coefficient (Wildman–Crippen LogP) is 0.240. The third-order valence-electron chi connectivity index (χ3n) is 1.01. The van der Waals surface area contributed by atoms with Gasteiger partial charge in [-0.3, -0.25) is 0 Å². The van der Waals surface area contributed by atoms with Gasteiger partial charge in [0.15, 0.2) is 0 Å². The molecule has 0 amide bonds. The molecule has 0 aliphatic rings. The Labute approximate surface area is 62.3 Å². The molecule has 4 nitrogen and oxygen atoms in total. The van der Waals surface area contributed by atoms with Crippen molar-refractivity contribution in [2.24, 2.45) is 0 Å². The Hall–Kier alpha value is -1.39. The van der Waals surface area contributed by atoms with Gasteiger partial charge in [-0.2, -0.15) is 9.37 Å². The third-order valence-corrected chi connectivity index (χ3v) is 1.01. The Balaban J connectivity index is 3.19. The van der Waals surface area contributed by atoms with Crippen molar-refractivity contribution >= 4 is 6.01 Å². The number of hydrogen-bond acceptors (Lipinski definition) is 4. The van der Waals surface area contributed by atoms with E-state index in [1.165, 1.54) is 4.90 Å². The summed E-state index contributed by atoms with van der Waals surface area (Å²) < 4.78 is 16.9. The highest BCUT2D eigenvalue weighted by molar-refractivity contribution is 5.19. The van der Waals surface area contributed by atoms with E-state index >= 15 is 0 Å². The smallest absolute Gasteiger partial charge is 0.343 e. The Bertz CT molecular complexity index is 308. The van der Waals surface area contributed by atoms with Crippen LogP contribution in [0, 0.1) is 5.95 Å². The number of halogens is 1. The first-order valence-electron chi connectivity index (χ1n) is 2.94. The fraction of sp³-hybridized carbons (Fsp3) is 0.333. The summed E-state index contributed by atoms with van der Waals surface area (Å²) in [4.78, 5) is 15.3. The fourth-order valence-electron chi connectivity index (χ4n) is 0.554. The minimum Gasteiger partial charge on any atom is -0.389 e. The molecule has 0 N–H and O–H groups in total. The highest BCUT2D eigenvalue weighted by Crippen LogP contribution is 2.02. The molecule has 0 radical (unpaired) electrons. The number of aromatic nitrogens is 1. The van der Waals surface area contributed by atoms with E-state index in [9.17, 15) is 9.18 Å². The van der Waals surface area contributed by atoms with Gasteiger partial charge >= 0.3 is 11.6 Å².